The minimum Gasteiger partial charge on any atom is -0.493 e. The highest BCUT2D eigenvalue weighted by atomic mass is 35.5. The summed E-state index contributed by atoms with van der Waals surface area (Å²) in [6.45, 7) is 0.360. The van der Waals surface area contributed by atoms with Crippen LogP contribution >= 0.6 is 12.4 Å². The van der Waals surface area contributed by atoms with Gasteiger partial charge in [-0.05, 0) is 17.7 Å². The summed E-state index contributed by atoms with van der Waals surface area (Å²) in [6, 6.07) is 3.37. The third-order valence-corrected chi connectivity index (χ3v) is 2.37. The van der Waals surface area contributed by atoms with Crippen LogP contribution in [-0.4, -0.2) is 27.9 Å². The number of methoxy groups -OCH3 is 3. The van der Waals surface area contributed by atoms with E-state index in [9.17, 15) is 0 Å². The molecule has 0 aliphatic heterocycles. The Balaban J connectivity index is 0.00000256. The molecule has 1 rings (SSSR count). The summed E-state index contributed by atoms with van der Waals surface area (Å²) in [4.78, 5) is 0. The lowest BCUT2D eigenvalue weighted by atomic mass is 10.1. The van der Waals surface area contributed by atoms with Gasteiger partial charge in [-0.15, -0.1) is 12.4 Å². The summed E-state index contributed by atoms with van der Waals surface area (Å²) in [6.07, 6.45) is 0. The van der Waals surface area contributed by atoms with Crippen LogP contribution in [0.2, 0.25) is 0 Å². The van der Waals surface area contributed by atoms with E-state index >= 15 is 0 Å². The SMILES string of the molecule is COc1cc([C@@H](N)CN)cc(OC)c1OC.Cl. The quantitative estimate of drug-likeness (QED) is 0.830. The van der Waals surface area contributed by atoms with Gasteiger partial charge < -0.3 is 25.7 Å². The first kappa shape index (κ1) is 15.8. The Labute approximate surface area is 107 Å². The molecule has 4 N–H and O–H groups in total. The predicted octanol–water partition coefficient (Wildman–Crippen LogP) is 1.09. The van der Waals surface area contributed by atoms with Crippen LogP contribution in [0.5, 0.6) is 17.2 Å². The van der Waals surface area contributed by atoms with Gasteiger partial charge in [0.2, 0.25) is 5.75 Å². The standard InChI is InChI=1S/C11H18N2O3.ClH/c1-14-9-4-7(8(13)6-12)5-10(15-2)11(9)16-3;/h4-5,8H,6,12-13H2,1-3H3;1H/t8-;/m0./s1. The van der Waals surface area contributed by atoms with Crippen LogP contribution in [0, 0.1) is 0 Å². The molecular weight excluding hydrogens is 244 g/mol. The Kier molecular flexibility index (Phi) is 6.72. The van der Waals surface area contributed by atoms with Crippen LogP contribution in [0.25, 0.3) is 0 Å². The van der Waals surface area contributed by atoms with Crippen LogP contribution in [0.4, 0.5) is 0 Å². The van der Waals surface area contributed by atoms with Crippen LogP contribution in [-0.2, 0) is 0 Å². The van der Waals surface area contributed by atoms with E-state index in [0.29, 0.717) is 23.8 Å². The predicted molar refractivity (Wildman–Crippen MR) is 69.3 cm³/mol. The smallest absolute Gasteiger partial charge is 0.203 e. The fraction of sp³-hybridized carbons (Fsp3) is 0.455. The van der Waals surface area contributed by atoms with Crippen LogP contribution in [0.15, 0.2) is 12.1 Å². The van der Waals surface area contributed by atoms with Gasteiger partial charge in [-0.2, -0.15) is 0 Å². The van der Waals surface area contributed by atoms with Crippen molar-refractivity contribution in [3.05, 3.63) is 17.7 Å². The summed E-state index contributed by atoms with van der Waals surface area (Å²) in [5.74, 6) is 1.72. The zero-order chi connectivity index (χ0) is 12.1. The van der Waals surface area contributed by atoms with Crippen LogP contribution in [0.3, 0.4) is 0 Å². The van der Waals surface area contributed by atoms with Crippen molar-refractivity contribution in [2.24, 2.45) is 11.5 Å². The molecule has 98 valence electrons. The van der Waals surface area contributed by atoms with Gasteiger partial charge in [-0.1, -0.05) is 0 Å². The van der Waals surface area contributed by atoms with Gasteiger partial charge in [0.25, 0.3) is 0 Å². The first-order valence-corrected chi connectivity index (χ1v) is 4.93. The Morgan fingerprint density at radius 1 is 1.06 bits per heavy atom. The molecule has 0 saturated carbocycles. The van der Waals surface area contributed by atoms with E-state index in [2.05, 4.69) is 0 Å². The number of halogens is 1. The Morgan fingerprint density at radius 3 is 1.82 bits per heavy atom. The average Bonchev–Trinajstić information content (AvgIpc) is 2.35. The largest absolute Gasteiger partial charge is 0.493 e. The minimum absolute atomic E-state index is 0. The Hall–Kier alpha value is -1.17. The minimum atomic E-state index is -0.242. The van der Waals surface area contributed by atoms with Gasteiger partial charge in [-0.3, -0.25) is 0 Å². The molecule has 6 heteroatoms. The first-order valence-electron chi connectivity index (χ1n) is 4.93. The van der Waals surface area contributed by atoms with Crippen molar-refractivity contribution in [2.45, 2.75) is 6.04 Å². The van der Waals surface area contributed by atoms with Gasteiger partial charge in [-0.25, -0.2) is 0 Å². The van der Waals surface area contributed by atoms with Crippen molar-refractivity contribution in [1.29, 1.82) is 0 Å². The summed E-state index contributed by atoms with van der Waals surface area (Å²) >= 11 is 0. The van der Waals surface area contributed by atoms with Crippen molar-refractivity contribution in [1.82, 2.24) is 0 Å². The van der Waals surface area contributed by atoms with Crippen molar-refractivity contribution in [3.8, 4) is 17.2 Å². The molecule has 1 atom stereocenters. The molecule has 1 aromatic rings. The number of ether oxygens (including phenoxy) is 3. The summed E-state index contributed by atoms with van der Waals surface area (Å²) in [7, 11) is 4.69. The highest BCUT2D eigenvalue weighted by Crippen LogP contribution is 2.39. The topological polar surface area (TPSA) is 79.7 Å². The highest BCUT2D eigenvalue weighted by Gasteiger charge is 2.15. The Bertz CT molecular complexity index is 336. The molecule has 0 heterocycles. The van der Waals surface area contributed by atoms with Crippen molar-refractivity contribution in [3.63, 3.8) is 0 Å². The average molecular weight is 263 g/mol. The Morgan fingerprint density at radius 2 is 1.53 bits per heavy atom. The lowest BCUT2D eigenvalue weighted by Gasteiger charge is -2.16. The van der Waals surface area contributed by atoms with E-state index in [-0.39, 0.29) is 18.4 Å². The van der Waals surface area contributed by atoms with Gasteiger partial charge in [0.1, 0.15) is 0 Å². The maximum Gasteiger partial charge on any atom is 0.203 e. The van der Waals surface area contributed by atoms with Crippen molar-refractivity contribution in [2.75, 3.05) is 27.9 Å². The number of hydrogen-bond acceptors (Lipinski definition) is 5. The maximum absolute atomic E-state index is 5.86. The first-order chi connectivity index (χ1) is 7.67. The number of benzene rings is 1. The molecule has 0 fully saturated rings. The second kappa shape index (κ2) is 7.21. The molecule has 0 aliphatic rings. The zero-order valence-corrected chi connectivity index (χ0v) is 11.0. The third-order valence-electron chi connectivity index (χ3n) is 2.37. The van der Waals surface area contributed by atoms with Gasteiger partial charge in [0.05, 0.1) is 21.3 Å². The van der Waals surface area contributed by atoms with Crippen molar-refractivity contribution < 1.29 is 14.2 Å². The fourth-order valence-corrected chi connectivity index (χ4v) is 1.45. The fourth-order valence-electron chi connectivity index (χ4n) is 1.45. The molecule has 0 aromatic heterocycles. The van der Waals surface area contributed by atoms with Crippen LogP contribution < -0.4 is 25.7 Å². The molecule has 1 aromatic carbocycles. The van der Waals surface area contributed by atoms with Gasteiger partial charge in [0.15, 0.2) is 11.5 Å². The normalized spacial score (nSPS) is 11.4. The monoisotopic (exact) mass is 262 g/mol. The molecule has 5 nitrogen and oxygen atoms in total. The molecule has 0 aliphatic carbocycles. The van der Waals surface area contributed by atoms with E-state index in [1.54, 1.807) is 33.5 Å². The number of hydrogen-bond donors (Lipinski definition) is 2. The zero-order valence-electron chi connectivity index (χ0n) is 10.2. The van der Waals surface area contributed by atoms with Gasteiger partial charge in [0, 0.05) is 12.6 Å². The summed E-state index contributed by atoms with van der Waals surface area (Å²) in [5, 5.41) is 0. The second-order valence-electron chi connectivity index (χ2n) is 3.30. The van der Waals surface area contributed by atoms with Gasteiger partial charge >= 0.3 is 0 Å². The molecule has 0 radical (unpaired) electrons. The van der Waals surface area contributed by atoms with E-state index in [1.807, 2.05) is 0 Å². The van der Waals surface area contributed by atoms with Crippen molar-refractivity contribution >= 4 is 12.4 Å². The highest BCUT2D eigenvalue weighted by molar-refractivity contribution is 5.85. The molecule has 0 amide bonds. The van der Waals surface area contributed by atoms with E-state index in [1.165, 1.54) is 0 Å². The van der Waals surface area contributed by atoms with E-state index in [4.69, 9.17) is 25.7 Å². The van der Waals surface area contributed by atoms with E-state index in [0.717, 1.165) is 5.56 Å². The lowest BCUT2D eigenvalue weighted by molar-refractivity contribution is 0.323. The van der Waals surface area contributed by atoms with Crippen LogP contribution in [0.1, 0.15) is 11.6 Å². The number of rotatable bonds is 5. The third kappa shape index (κ3) is 3.39. The molecule has 0 bridgehead atoms. The lowest BCUT2D eigenvalue weighted by Crippen LogP contribution is -2.20. The van der Waals surface area contributed by atoms with E-state index < -0.39 is 0 Å². The second-order valence-corrected chi connectivity index (χ2v) is 3.30. The molecule has 0 saturated heterocycles. The number of nitrogens with two attached hydrogens (primary N) is 2. The molecule has 0 spiro atoms. The molecule has 0 unspecified atom stereocenters. The summed E-state index contributed by atoms with van der Waals surface area (Å²) in [5.41, 5.74) is 12.2. The summed E-state index contributed by atoms with van der Waals surface area (Å²) < 4.78 is 15.6. The molecule has 17 heavy (non-hydrogen) atoms. The maximum atomic E-state index is 5.86. The molecular formula is C11H19ClN2O3.